The third kappa shape index (κ3) is 6.75. The lowest BCUT2D eigenvalue weighted by atomic mass is 10.1. The second kappa shape index (κ2) is 9.19. The van der Waals surface area contributed by atoms with Gasteiger partial charge in [0.1, 0.15) is 5.60 Å². The monoisotopic (exact) mass is 369 g/mol. The summed E-state index contributed by atoms with van der Waals surface area (Å²) in [5, 5.41) is 3.09. The van der Waals surface area contributed by atoms with E-state index in [4.69, 9.17) is 15.2 Å². The van der Waals surface area contributed by atoms with Crippen LogP contribution in [0.3, 0.4) is 0 Å². The van der Waals surface area contributed by atoms with Gasteiger partial charge in [-0.1, -0.05) is 30.3 Å². The third-order valence-electron chi connectivity index (χ3n) is 3.57. The van der Waals surface area contributed by atoms with Crippen LogP contribution >= 0.6 is 0 Å². The van der Waals surface area contributed by atoms with Crippen LogP contribution in [0.25, 0.3) is 0 Å². The van der Waals surface area contributed by atoms with E-state index in [1.807, 2.05) is 57.2 Å². The second-order valence-corrected chi connectivity index (χ2v) is 7.12. The van der Waals surface area contributed by atoms with Crippen LogP contribution in [-0.2, 0) is 22.6 Å². The van der Waals surface area contributed by atoms with Gasteiger partial charge in [0.15, 0.2) is 5.96 Å². The fourth-order valence-electron chi connectivity index (χ4n) is 2.41. The molecule has 2 aromatic rings. The summed E-state index contributed by atoms with van der Waals surface area (Å²) in [7, 11) is 1.64. The summed E-state index contributed by atoms with van der Waals surface area (Å²) in [4.78, 5) is 16.5. The highest BCUT2D eigenvalue weighted by atomic mass is 16.6. The van der Waals surface area contributed by atoms with Crippen molar-refractivity contribution in [3.05, 3.63) is 65.2 Å². The number of nitrogens with zero attached hydrogens (tertiary/aromatic N) is 1. The molecule has 0 spiro atoms. The molecule has 0 aliphatic heterocycles. The van der Waals surface area contributed by atoms with Crippen molar-refractivity contribution in [3.63, 3.8) is 0 Å². The number of carbonyl (C=O) groups excluding carboxylic acids is 1. The number of aliphatic imine (C=N–C) groups is 1. The zero-order valence-electron chi connectivity index (χ0n) is 16.3. The summed E-state index contributed by atoms with van der Waals surface area (Å²) in [6.07, 6.45) is 0. The normalized spacial score (nSPS) is 11.9. The summed E-state index contributed by atoms with van der Waals surface area (Å²) in [6.45, 7) is 6.35. The van der Waals surface area contributed by atoms with E-state index in [1.165, 1.54) is 0 Å². The van der Waals surface area contributed by atoms with Crippen molar-refractivity contribution in [1.82, 2.24) is 0 Å². The van der Waals surface area contributed by atoms with Crippen LogP contribution in [0.1, 0.15) is 42.3 Å². The third-order valence-corrected chi connectivity index (χ3v) is 3.57. The van der Waals surface area contributed by atoms with Crippen molar-refractivity contribution >= 4 is 17.6 Å². The molecule has 0 amide bonds. The van der Waals surface area contributed by atoms with E-state index in [0.29, 0.717) is 24.7 Å². The van der Waals surface area contributed by atoms with Gasteiger partial charge in [0, 0.05) is 18.4 Å². The Morgan fingerprint density at radius 3 is 2.59 bits per heavy atom. The lowest BCUT2D eigenvalue weighted by Gasteiger charge is -2.19. The minimum atomic E-state index is -0.533. The van der Waals surface area contributed by atoms with Crippen molar-refractivity contribution in [3.8, 4) is 0 Å². The molecule has 2 aromatic carbocycles. The van der Waals surface area contributed by atoms with E-state index in [0.717, 1.165) is 16.8 Å². The molecule has 0 fully saturated rings. The number of carbonyl (C=O) groups is 1. The van der Waals surface area contributed by atoms with Gasteiger partial charge in [-0.3, -0.25) is 0 Å². The van der Waals surface area contributed by atoms with Gasteiger partial charge in [0.2, 0.25) is 0 Å². The summed E-state index contributed by atoms with van der Waals surface area (Å²) in [6, 6.07) is 14.9. The molecular formula is C21H27N3O3. The minimum Gasteiger partial charge on any atom is -0.456 e. The maximum Gasteiger partial charge on any atom is 0.338 e. The number of benzene rings is 2. The number of ether oxygens (including phenoxy) is 2. The molecule has 6 heteroatoms. The quantitative estimate of drug-likeness (QED) is 0.460. The minimum absolute atomic E-state index is 0.293. The van der Waals surface area contributed by atoms with Crippen molar-refractivity contribution in [1.29, 1.82) is 0 Å². The van der Waals surface area contributed by atoms with Gasteiger partial charge in [-0.15, -0.1) is 0 Å². The van der Waals surface area contributed by atoms with E-state index in [-0.39, 0.29) is 5.97 Å². The summed E-state index contributed by atoms with van der Waals surface area (Å²) < 4.78 is 10.6. The van der Waals surface area contributed by atoms with Crippen LogP contribution in [0.15, 0.2) is 53.5 Å². The van der Waals surface area contributed by atoms with Crippen molar-refractivity contribution < 1.29 is 14.3 Å². The van der Waals surface area contributed by atoms with Gasteiger partial charge in [-0.25, -0.2) is 9.79 Å². The Kier molecular flexibility index (Phi) is 6.96. The van der Waals surface area contributed by atoms with Crippen LogP contribution in [0.2, 0.25) is 0 Å². The second-order valence-electron chi connectivity index (χ2n) is 7.12. The van der Waals surface area contributed by atoms with Crippen LogP contribution in [-0.4, -0.2) is 24.6 Å². The van der Waals surface area contributed by atoms with E-state index < -0.39 is 5.60 Å². The molecular weight excluding hydrogens is 342 g/mol. The number of guanidine groups is 1. The number of methoxy groups -OCH3 is 1. The Morgan fingerprint density at radius 1 is 1.15 bits per heavy atom. The molecule has 27 heavy (non-hydrogen) atoms. The Bertz CT molecular complexity index is 810. The van der Waals surface area contributed by atoms with Gasteiger partial charge in [-0.2, -0.15) is 0 Å². The zero-order chi connectivity index (χ0) is 19.9. The summed E-state index contributed by atoms with van der Waals surface area (Å²) in [5.41, 5.74) is 8.68. The molecule has 2 rings (SSSR count). The highest BCUT2D eigenvalue weighted by molar-refractivity contribution is 5.93. The Labute approximate surface area is 160 Å². The van der Waals surface area contributed by atoms with Crippen LogP contribution in [0.4, 0.5) is 5.69 Å². The fraction of sp³-hybridized carbons (Fsp3) is 0.333. The molecule has 0 aliphatic carbocycles. The molecule has 0 saturated carbocycles. The number of hydrogen-bond acceptors (Lipinski definition) is 4. The molecule has 3 N–H and O–H groups in total. The predicted molar refractivity (Wildman–Crippen MR) is 108 cm³/mol. The number of nitrogens with two attached hydrogens (primary N) is 1. The van der Waals surface area contributed by atoms with Crippen molar-refractivity contribution in [2.45, 2.75) is 39.5 Å². The highest BCUT2D eigenvalue weighted by Gasteiger charge is 2.17. The van der Waals surface area contributed by atoms with Gasteiger partial charge < -0.3 is 20.5 Å². The van der Waals surface area contributed by atoms with Crippen LogP contribution in [0.5, 0.6) is 0 Å². The van der Waals surface area contributed by atoms with Crippen molar-refractivity contribution in [2.75, 3.05) is 12.4 Å². The molecule has 0 aliphatic rings. The van der Waals surface area contributed by atoms with Gasteiger partial charge in [0.05, 0.1) is 18.7 Å². The number of rotatable bonds is 6. The Balaban J connectivity index is 2.05. The average molecular weight is 369 g/mol. The zero-order valence-corrected chi connectivity index (χ0v) is 16.3. The lowest BCUT2D eigenvalue weighted by Crippen LogP contribution is -2.24. The molecule has 6 nitrogen and oxygen atoms in total. The van der Waals surface area contributed by atoms with Gasteiger partial charge in [-0.05, 0) is 44.5 Å². The molecule has 0 bridgehead atoms. The Hall–Kier alpha value is -2.86. The van der Waals surface area contributed by atoms with Gasteiger partial charge in [0.25, 0.3) is 0 Å². The number of para-hydroxylation sites is 1. The number of nitrogens with one attached hydrogen (secondary N) is 1. The topological polar surface area (TPSA) is 85.9 Å². The SMILES string of the molecule is COCc1ccccc1NC(N)=NCc1cccc(C(=O)OC(C)(C)C)c1. The standard InChI is InChI=1S/C21H27N3O3/c1-21(2,3)27-19(25)16-10-7-8-15(12-16)13-23-20(22)24-18-11-6-5-9-17(18)14-26-4/h5-12H,13-14H2,1-4H3,(H3,22,23,24). The molecule has 0 radical (unpaired) electrons. The van der Waals surface area contributed by atoms with E-state index >= 15 is 0 Å². The lowest BCUT2D eigenvalue weighted by molar-refractivity contribution is 0.00694. The first kappa shape index (κ1) is 20.5. The largest absolute Gasteiger partial charge is 0.456 e. The van der Waals surface area contributed by atoms with E-state index in [2.05, 4.69) is 10.3 Å². The fourth-order valence-corrected chi connectivity index (χ4v) is 2.41. The Morgan fingerprint density at radius 2 is 1.89 bits per heavy atom. The smallest absolute Gasteiger partial charge is 0.338 e. The first-order valence-corrected chi connectivity index (χ1v) is 8.74. The highest BCUT2D eigenvalue weighted by Crippen LogP contribution is 2.16. The van der Waals surface area contributed by atoms with E-state index in [1.54, 1.807) is 19.2 Å². The number of anilines is 1. The maximum absolute atomic E-state index is 12.2. The molecule has 144 valence electrons. The molecule has 0 atom stereocenters. The summed E-state index contributed by atoms with van der Waals surface area (Å²) in [5.74, 6) is -0.0610. The molecule has 0 heterocycles. The number of esters is 1. The molecule has 0 unspecified atom stereocenters. The van der Waals surface area contributed by atoms with E-state index in [9.17, 15) is 4.79 Å². The van der Waals surface area contributed by atoms with Crippen LogP contribution in [0, 0.1) is 0 Å². The average Bonchev–Trinajstić information content (AvgIpc) is 2.61. The van der Waals surface area contributed by atoms with Crippen LogP contribution < -0.4 is 11.1 Å². The number of hydrogen-bond donors (Lipinski definition) is 2. The maximum atomic E-state index is 12.2. The summed E-state index contributed by atoms with van der Waals surface area (Å²) >= 11 is 0. The van der Waals surface area contributed by atoms with Crippen molar-refractivity contribution in [2.24, 2.45) is 10.7 Å². The predicted octanol–water partition coefficient (Wildman–Crippen LogP) is 3.72. The molecule has 0 aromatic heterocycles. The molecule has 0 saturated heterocycles. The first-order chi connectivity index (χ1) is 12.8. The first-order valence-electron chi connectivity index (χ1n) is 8.74. The van der Waals surface area contributed by atoms with Gasteiger partial charge >= 0.3 is 5.97 Å².